The number of hydrogen-bond donors (Lipinski definition) is 1. The number of nitrogens with zero attached hydrogens (tertiary/aromatic N) is 1. The van der Waals surface area contributed by atoms with Crippen molar-refractivity contribution in [1.82, 2.24) is 10.2 Å². The normalized spacial score (nSPS) is 24.2. The highest BCUT2D eigenvalue weighted by Gasteiger charge is 2.40. The number of carbonyl (C=O) groups excluding carboxylic acids is 1. The quantitative estimate of drug-likeness (QED) is 0.916. The largest absolute Gasteiger partial charge is 0.383 e. The van der Waals surface area contributed by atoms with Crippen molar-refractivity contribution in [2.45, 2.75) is 45.9 Å². The maximum atomic E-state index is 12.4. The van der Waals surface area contributed by atoms with Crippen molar-refractivity contribution in [2.75, 3.05) is 13.7 Å². The van der Waals surface area contributed by atoms with Crippen LogP contribution in [0.2, 0.25) is 0 Å². The van der Waals surface area contributed by atoms with E-state index < -0.39 is 0 Å². The number of methoxy groups -OCH3 is 1. The fourth-order valence-corrected chi connectivity index (χ4v) is 2.83. The van der Waals surface area contributed by atoms with Crippen LogP contribution in [-0.2, 0) is 9.53 Å². The van der Waals surface area contributed by atoms with Crippen LogP contribution < -0.4 is 5.32 Å². The lowest BCUT2D eigenvalue weighted by Gasteiger charge is -2.31. The number of hydrogen-bond acceptors (Lipinski definition) is 3. The molecule has 0 aliphatic carbocycles. The van der Waals surface area contributed by atoms with Gasteiger partial charge in [0.15, 0.2) is 0 Å². The minimum Gasteiger partial charge on any atom is -0.383 e. The van der Waals surface area contributed by atoms with Gasteiger partial charge in [-0.3, -0.25) is 10.1 Å². The summed E-state index contributed by atoms with van der Waals surface area (Å²) < 4.78 is 5.22. The first kappa shape index (κ1) is 15.0. The first-order chi connectivity index (χ1) is 9.45. The van der Waals surface area contributed by atoms with Crippen LogP contribution in [-0.4, -0.2) is 36.6 Å². The Hall–Kier alpha value is -1.39. The van der Waals surface area contributed by atoms with Crippen molar-refractivity contribution in [3.8, 4) is 0 Å². The van der Waals surface area contributed by atoms with Crippen molar-refractivity contribution in [3.05, 3.63) is 34.9 Å². The predicted octanol–water partition coefficient (Wildman–Crippen LogP) is 2.16. The van der Waals surface area contributed by atoms with E-state index in [9.17, 15) is 4.79 Å². The number of benzene rings is 1. The molecule has 0 spiro atoms. The second-order valence-corrected chi connectivity index (χ2v) is 5.70. The van der Waals surface area contributed by atoms with Crippen LogP contribution in [0.3, 0.4) is 0 Å². The molecule has 110 valence electrons. The molecule has 1 aromatic rings. The second kappa shape index (κ2) is 5.94. The zero-order valence-corrected chi connectivity index (χ0v) is 12.9. The molecule has 0 radical (unpaired) electrons. The maximum absolute atomic E-state index is 12.4. The number of ether oxygens (including phenoxy) is 1. The van der Waals surface area contributed by atoms with Crippen LogP contribution in [0.1, 0.15) is 36.7 Å². The summed E-state index contributed by atoms with van der Waals surface area (Å²) >= 11 is 0. The monoisotopic (exact) mass is 276 g/mol. The Kier molecular flexibility index (Phi) is 4.45. The third-order valence-corrected chi connectivity index (χ3v) is 3.92. The van der Waals surface area contributed by atoms with E-state index in [1.165, 1.54) is 16.7 Å². The van der Waals surface area contributed by atoms with E-state index in [4.69, 9.17) is 4.74 Å². The number of aryl methyl sites for hydroxylation is 2. The molecule has 0 saturated carbocycles. The summed E-state index contributed by atoms with van der Waals surface area (Å²) in [5.74, 6) is 0.139. The molecule has 0 aromatic heterocycles. The Balaban J connectivity index is 2.37. The molecule has 1 aliphatic rings. The summed E-state index contributed by atoms with van der Waals surface area (Å²) in [5, 5.41) is 3.40. The summed E-state index contributed by atoms with van der Waals surface area (Å²) in [4.78, 5) is 14.3. The minimum atomic E-state index is -0.154. The van der Waals surface area contributed by atoms with E-state index in [2.05, 4.69) is 37.4 Å². The fraction of sp³-hybridized carbons (Fsp3) is 0.562. The Morgan fingerprint density at radius 3 is 2.75 bits per heavy atom. The lowest BCUT2D eigenvalue weighted by atomic mass is 10.0. The molecule has 1 fully saturated rings. The molecular formula is C16H24N2O2. The van der Waals surface area contributed by atoms with E-state index in [-0.39, 0.29) is 24.2 Å². The number of rotatable bonds is 4. The molecule has 0 bridgehead atoms. The standard InChI is InChI=1S/C16H24N2O2/c1-10-6-7-11(2)14(8-10)15-17-13(4)16(19)18(15)12(3)9-20-5/h6-8,12-13,15,17H,9H2,1-5H3. The predicted molar refractivity (Wildman–Crippen MR) is 79.4 cm³/mol. The Morgan fingerprint density at radius 2 is 2.10 bits per heavy atom. The fourth-order valence-electron chi connectivity index (χ4n) is 2.83. The van der Waals surface area contributed by atoms with Gasteiger partial charge in [-0.15, -0.1) is 0 Å². The molecule has 3 atom stereocenters. The van der Waals surface area contributed by atoms with Crippen LogP contribution >= 0.6 is 0 Å². The van der Waals surface area contributed by atoms with Crippen molar-refractivity contribution >= 4 is 5.91 Å². The molecule has 20 heavy (non-hydrogen) atoms. The van der Waals surface area contributed by atoms with Crippen molar-refractivity contribution in [3.63, 3.8) is 0 Å². The molecular weight excluding hydrogens is 252 g/mol. The van der Waals surface area contributed by atoms with Crippen molar-refractivity contribution < 1.29 is 9.53 Å². The molecule has 1 N–H and O–H groups in total. The Morgan fingerprint density at radius 1 is 1.40 bits per heavy atom. The van der Waals surface area contributed by atoms with Gasteiger partial charge < -0.3 is 9.64 Å². The summed E-state index contributed by atoms with van der Waals surface area (Å²) in [5.41, 5.74) is 3.58. The van der Waals surface area contributed by atoms with Gasteiger partial charge in [-0.25, -0.2) is 0 Å². The van der Waals surface area contributed by atoms with E-state index in [1.807, 2.05) is 18.7 Å². The number of amides is 1. The van der Waals surface area contributed by atoms with Gasteiger partial charge in [-0.1, -0.05) is 23.8 Å². The molecule has 1 aromatic carbocycles. The number of nitrogens with one attached hydrogen (secondary N) is 1. The topological polar surface area (TPSA) is 41.6 Å². The van der Waals surface area contributed by atoms with Crippen LogP contribution in [0, 0.1) is 13.8 Å². The van der Waals surface area contributed by atoms with Gasteiger partial charge in [0.1, 0.15) is 6.17 Å². The highest BCUT2D eigenvalue weighted by atomic mass is 16.5. The molecule has 1 amide bonds. The minimum absolute atomic E-state index is 0.0508. The average molecular weight is 276 g/mol. The van der Waals surface area contributed by atoms with Crippen LogP contribution in [0.15, 0.2) is 18.2 Å². The van der Waals surface area contributed by atoms with E-state index in [0.717, 1.165) is 0 Å². The van der Waals surface area contributed by atoms with Gasteiger partial charge in [-0.2, -0.15) is 0 Å². The smallest absolute Gasteiger partial charge is 0.241 e. The molecule has 1 aliphatic heterocycles. The third kappa shape index (κ3) is 2.72. The Labute approximate surface area is 121 Å². The van der Waals surface area contributed by atoms with Crippen molar-refractivity contribution in [2.24, 2.45) is 0 Å². The van der Waals surface area contributed by atoms with Gasteiger partial charge >= 0.3 is 0 Å². The second-order valence-electron chi connectivity index (χ2n) is 5.70. The SMILES string of the molecule is COCC(C)N1C(=O)C(C)NC1c1cc(C)ccc1C. The zero-order valence-electron chi connectivity index (χ0n) is 12.9. The summed E-state index contributed by atoms with van der Waals surface area (Å²) in [6.45, 7) is 8.65. The molecule has 3 unspecified atom stereocenters. The van der Waals surface area contributed by atoms with E-state index in [1.54, 1.807) is 7.11 Å². The number of carbonyl (C=O) groups is 1. The first-order valence-corrected chi connectivity index (χ1v) is 7.10. The third-order valence-electron chi connectivity index (χ3n) is 3.92. The summed E-state index contributed by atoms with van der Waals surface area (Å²) in [6, 6.07) is 6.26. The lowest BCUT2D eigenvalue weighted by molar-refractivity contribution is -0.132. The molecule has 1 heterocycles. The lowest BCUT2D eigenvalue weighted by Crippen LogP contribution is -2.41. The summed E-state index contributed by atoms with van der Waals surface area (Å²) in [6.07, 6.45) is -0.0671. The van der Waals surface area contributed by atoms with Crippen LogP contribution in [0.4, 0.5) is 0 Å². The summed E-state index contributed by atoms with van der Waals surface area (Å²) in [7, 11) is 1.67. The first-order valence-electron chi connectivity index (χ1n) is 7.10. The highest BCUT2D eigenvalue weighted by Crippen LogP contribution is 2.30. The average Bonchev–Trinajstić information content (AvgIpc) is 2.69. The molecule has 4 nitrogen and oxygen atoms in total. The van der Waals surface area contributed by atoms with Gasteiger partial charge in [0.05, 0.1) is 18.7 Å². The van der Waals surface area contributed by atoms with Gasteiger partial charge in [0, 0.05) is 7.11 Å². The van der Waals surface area contributed by atoms with Gasteiger partial charge in [0.2, 0.25) is 5.91 Å². The Bertz CT molecular complexity index is 501. The molecule has 4 heteroatoms. The van der Waals surface area contributed by atoms with E-state index >= 15 is 0 Å². The highest BCUT2D eigenvalue weighted by molar-refractivity contribution is 5.84. The maximum Gasteiger partial charge on any atom is 0.241 e. The van der Waals surface area contributed by atoms with Gasteiger partial charge in [-0.05, 0) is 38.8 Å². The van der Waals surface area contributed by atoms with E-state index in [0.29, 0.717) is 6.61 Å². The molecule has 2 rings (SSSR count). The van der Waals surface area contributed by atoms with Gasteiger partial charge in [0.25, 0.3) is 0 Å². The molecule has 1 saturated heterocycles. The van der Waals surface area contributed by atoms with Crippen LogP contribution in [0.25, 0.3) is 0 Å². The van der Waals surface area contributed by atoms with Crippen LogP contribution in [0.5, 0.6) is 0 Å². The van der Waals surface area contributed by atoms with Crippen molar-refractivity contribution in [1.29, 1.82) is 0 Å². The zero-order chi connectivity index (χ0) is 14.9.